The Kier molecular flexibility index (Phi) is 6.88. The largest absolute Gasteiger partial charge is 0.351 e. The Balaban J connectivity index is 0.00000192. The summed E-state index contributed by atoms with van der Waals surface area (Å²) in [6.45, 7) is 1.89. The van der Waals surface area contributed by atoms with E-state index in [0.29, 0.717) is 16.5 Å². The molecule has 6 nitrogen and oxygen atoms in total. The smallest absolute Gasteiger partial charge is 0.258 e. The summed E-state index contributed by atoms with van der Waals surface area (Å²) in [5.41, 5.74) is 0.657. The van der Waals surface area contributed by atoms with Crippen molar-refractivity contribution in [2.75, 3.05) is 18.8 Å². The molecule has 1 aliphatic heterocycles. The van der Waals surface area contributed by atoms with Crippen LogP contribution in [0.2, 0.25) is 0 Å². The lowest BCUT2D eigenvalue weighted by Gasteiger charge is -2.23. The molecule has 0 spiro atoms. The molecule has 2 N–H and O–H groups in total. The van der Waals surface area contributed by atoms with Gasteiger partial charge in [-0.15, -0.1) is 35.5 Å². The Morgan fingerprint density at radius 2 is 2.43 bits per heavy atom. The van der Waals surface area contributed by atoms with Crippen LogP contribution in [0.5, 0.6) is 0 Å². The summed E-state index contributed by atoms with van der Waals surface area (Å²) in [7, 11) is 0. The quantitative estimate of drug-likeness (QED) is 0.824. The van der Waals surface area contributed by atoms with Crippen molar-refractivity contribution in [3.05, 3.63) is 33.7 Å². The highest BCUT2D eigenvalue weighted by Crippen LogP contribution is 2.12. The van der Waals surface area contributed by atoms with Crippen LogP contribution in [-0.4, -0.2) is 40.2 Å². The number of halogens is 1. The predicted octanol–water partition coefficient (Wildman–Crippen LogP) is 1.28. The molecule has 3 rings (SSSR count). The van der Waals surface area contributed by atoms with Crippen molar-refractivity contribution in [1.82, 2.24) is 20.0 Å². The van der Waals surface area contributed by atoms with E-state index >= 15 is 0 Å². The zero-order valence-electron chi connectivity index (χ0n) is 12.5. The van der Waals surface area contributed by atoms with Gasteiger partial charge >= 0.3 is 0 Å². The zero-order chi connectivity index (χ0) is 15.4. The van der Waals surface area contributed by atoms with Crippen LogP contribution in [0.4, 0.5) is 0 Å². The number of carbonyl (C=O) groups excluding carboxylic acids is 1. The summed E-state index contributed by atoms with van der Waals surface area (Å²) < 4.78 is 1.53. The van der Waals surface area contributed by atoms with E-state index in [1.165, 1.54) is 33.6 Å². The number of rotatable bonds is 5. The van der Waals surface area contributed by atoms with E-state index in [1.807, 2.05) is 5.38 Å². The number of carbonyl (C=O) groups is 1. The third-order valence-corrected chi connectivity index (χ3v) is 5.22. The van der Waals surface area contributed by atoms with Crippen molar-refractivity contribution in [2.45, 2.75) is 24.6 Å². The van der Waals surface area contributed by atoms with Gasteiger partial charge in [-0.25, -0.2) is 4.98 Å². The Morgan fingerprint density at radius 3 is 3.22 bits per heavy atom. The SMILES string of the molecule is Cl.O=C(CSCc1cc(=O)n2ccsc2n1)N[C@H]1CCCNC1. The van der Waals surface area contributed by atoms with Gasteiger partial charge in [-0.3, -0.25) is 14.0 Å². The first kappa shape index (κ1) is 18.3. The average molecular weight is 375 g/mol. The van der Waals surface area contributed by atoms with E-state index in [1.54, 1.807) is 6.20 Å². The minimum absolute atomic E-state index is 0. The van der Waals surface area contributed by atoms with Crippen molar-refractivity contribution < 1.29 is 4.79 Å². The van der Waals surface area contributed by atoms with Crippen LogP contribution < -0.4 is 16.2 Å². The average Bonchev–Trinajstić information content (AvgIpc) is 2.97. The Labute approximate surface area is 148 Å². The van der Waals surface area contributed by atoms with Gasteiger partial charge in [0.2, 0.25) is 5.91 Å². The second-order valence-electron chi connectivity index (χ2n) is 5.24. The normalized spacial score (nSPS) is 17.7. The lowest BCUT2D eigenvalue weighted by molar-refractivity contribution is -0.119. The number of piperidine rings is 1. The number of hydrogen-bond acceptors (Lipinski definition) is 6. The number of fused-ring (bicyclic) bond motifs is 1. The summed E-state index contributed by atoms with van der Waals surface area (Å²) in [6.07, 6.45) is 3.86. The van der Waals surface area contributed by atoms with Crippen LogP contribution in [0.1, 0.15) is 18.5 Å². The Hall–Kier alpha value is -1.09. The monoisotopic (exact) mass is 374 g/mol. The molecule has 1 saturated heterocycles. The molecule has 3 heterocycles. The molecular weight excluding hydrogens is 356 g/mol. The van der Waals surface area contributed by atoms with Crippen LogP contribution in [0.25, 0.3) is 4.96 Å². The number of thiazole rings is 1. The molecule has 126 valence electrons. The van der Waals surface area contributed by atoms with Crippen LogP contribution in [0, 0.1) is 0 Å². The lowest BCUT2D eigenvalue weighted by atomic mass is 10.1. The van der Waals surface area contributed by atoms with Gasteiger partial charge in [0.25, 0.3) is 5.56 Å². The predicted molar refractivity (Wildman–Crippen MR) is 96.8 cm³/mol. The first-order valence-electron chi connectivity index (χ1n) is 7.26. The number of hydrogen-bond donors (Lipinski definition) is 2. The molecule has 1 fully saturated rings. The highest BCUT2D eigenvalue weighted by atomic mass is 35.5. The first-order valence-corrected chi connectivity index (χ1v) is 9.29. The number of thioether (sulfide) groups is 1. The second-order valence-corrected chi connectivity index (χ2v) is 7.10. The van der Waals surface area contributed by atoms with Gasteiger partial charge < -0.3 is 10.6 Å². The summed E-state index contributed by atoms with van der Waals surface area (Å²) in [6, 6.07) is 1.78. The standard InChI is InChI=1S/C14H18N4O2S2.ClH/c19-12(16-10-2-1-3-15-7-10)9-21-8-11-6-13(20)18-4-5-22-14(18)17-11;/h4-6,10,15H,1-3,7-9H2,(H,16,19);1H/t10-;/m0./s1. The fourth-order valence-electron chi connectivity index (χ4n) is 2.45. The van der Waals surface area contributed by atoms with Crippen LogP contribution in [0.3, 0.4) is 0 Å². The maximum atomic E-state index is 11.9. The number of aromatic nitrogens is 2. The first-order chi connectivity index (χ1) is 10.7. The van der Waals surface area contributed by atoms with Gasteiger partial charge in [-0.05, 0) is 19.4 Å². The summed E-state index contributed by atoms with van der Waals surface area (Å²) in [5.74, 6) is 1.01. The maximum absolute atomic E-state index is 11.9. The maximum Gasteiger partial charge on any atom is 0.258 e. The molecule has 0 unspecified atom stereocenters. The van der Waals surface area contributed by atoms with Gasteiger partial charge in [0.1, 0.15) is 0 Å². The molecule has 0 aliphatic carbocycles. The topological polar surface area (TPSA) is 75.5 Å². The number of nitrogens with one attached hydrogen (secondary N) is 2. The summed E-state index contributed by atoms with van der Waals surface area (Å²) >= 11 is 2.92. The fourth-order valence-corrected chi connectivity index (χ4v) is 3.92. The van der Waals surface area contributed by atoms with Gasteiger partial charge in [-0.2, -0.15) is 0 Å². The third kappa shape index (κ3) is 4.94. The van der Waals surface area contributed by atoms with Gasteiger partial charge in [-0.1, -0.05) is 0 Å². The van der Waals surface area contributed by atoms with Gasteiger partial charge in [0.15, 0.2) is 4.96 Å². The number of amides is 1. The molecule has 0 bridgehead atoms. The Bertz CT molecular complexity index is 712. The van der Waals surface area contributed by atoms with E-state index in [0.717, 1.165) is 31.6 Å². The van der Waals surface area contributed by atoms with Crippen LogP contribution >= 0.6 is 35.5 Å². The van der Waals surface area contributed by atoms with E-state index in [-0.39, 0.29) is 29.9 Å². The van der Waals surface area contributed by atoms with Crippen molar-refractivity contribution in [1.29, 1.82) is 0 Å². The molecule has 23 heavy (non-hydrogen) atoms. The van der Waals surface area contributed by atoms with Crippen molar-refractivity contribution in [3.8, 4) is 0 Å². The molecule has 1 amide bonds. The van der Waals surface area contributed by atoms with Crippen LogP contribution in [0.15, 0.2) is 22.4 Å². The van der Waals surface area contributed by atoms with Crippen molar-refractivity contribution in [3.63, 3.8) is 0 Å². The van der Waals surface area contributed by atoms with Gasteiger partial charge in [0.05, 0.1) is 11.4 Å². The van der Waals surface area contributed by atoms with Gasteiger partial charge in [0, 0.05) is 36.0 Å². The minimum Gasteiger partial charge on any atom is -0.351 e. The van der Waals surface area contributed by atoms with E-state index in [2.05, 4.69) is 15.6 Å². The van der Waals surface area contributed by atoms with Crippen LogP contribution in [-0.2, 0) is 10.5 Å². The molecule has 2 aromatic rings. The minimum atomic E-state index is -0.0698. The Morgan fingerprint density at radius 1 is 1.57 bits per heavy atom. The molecule has 0 radical (unpaired) electrons. The molecule has 0 saturated carbocycles. The molecular formula is C14H19ClN4O2S2. The summed E-state index contributed by atoms with van der Waals surface area (Å²) in [4.78, 5) is 28.9. The highest BCUT2D eigenvalue weighted by Gasteiger charge is 2.15. The highest BCUT2D eigenvalue weighted by molar-refractivity contribution is 7.99. The molecule has 9 heteroatoms. The van der Waals surface area contributed by atoms with E-state index in [4.69, 9.17) is 0 Å². The number of nitrogens with zero attached hydrogens (tertiary/aromatic N) is 2. The van der Waals surface area contributed by atoms with E-state index < -0.39 is 0 Å². The molecule has 2 aromatic heterocycles. The second kappa shape index (κ2) is 8.68. The van der Waals surface area contributed by atoms with Crippen molar-refractivity contribution >= 4 is 46.4 Å². The molecule has 0 aromatic carbocycles. The third-order valence-electron chi connectivity index (χ3n) is 3.50. The van der Waals surface area contributed by atoms with Crippen molar-refractivity contribution in [2.24, 2.45) is 0 Å². The molecule has 1 atom stereocenters. The van der Waals surface area contributed by atoms with E-state index in [9.17, 15) is 9.59 Å². The summed E-state index contributed by atoms with van der Waals surface area (Å²) in [5, 5.41) is 8.15. The fraction of sp³-hybridized carbons (Fsp3) is 0.500. The molecule has 1 aliphatic rings. The lowest BCUT2D eigenvalue weighted by Crippen LogP contribution is -2.46. The zero-order valence-corrected chi connectivity index (χ0v) is 14.9.